The van der Waals surface area contributed by atoms with Crippen molar-refractivity contribution in [1.29, 1.82) is 0 Å². The number of hydrogen-bond donors (Lipinski definition) is 1. The van der Waals surface area contributed by atoms with Gasteiger partial charge in [0.05, 0.1) is 6.61 Å². The van der Waals surface area contributed by atoms with E-state index in [4.69, 9.17) is 4.74 Å². The van der Waals surface area contributed by atoms with Crippen LogP contribution in [0.1, 0.15) is 12.6 Å². The van der Waals surface area contributed by atoms with Gasteiger partial charge < -0.3 is 24.7 Å². The fraction of sp³-hybridized carbons (Fsp3) is 0.700. The van der Waals surface area contributed by atoms with Crippen molar-refractivity contribution < 1.29 is 9.66 Å². The minimum absolute atomic E-state index is 0.0547. The molecule has 1 rings (SSSR count). The number of methoxy groups -OCH3 is 1. The first-order valence-corrected chi connectivity index (χ1v) is 5.47. The Hall–Kier alpha value is -1.47. The van der Waals surface area contributed by atoms with Crippen LogP contribution in [0.2, 0.25) is 0 Å². The van der Waals surface area contributed by atoms with E-state index in [1.807, 2.05) is 6.92 Å². The summed E-state index contributed by atoms with van der Waals surface area (Å²) in [6.45, 7) is 3.29. The zero-order chi connectivity index (χ0) is 12.8. The molecule has 1 N–H and O–H groups in total. The summed E-state index contributed by atoms with van der Waals surface area (Å²) >= 11 is 0. The number of aryl methyl sites for hydroxylation is 1. The van der Waals surface area contributed by atoms with Crippen LogP contribution in [0.3, 0.4) is 0 Å². The summed E-state index contributed by atoms with van der Waals surface area (Å²) < 4.78 is 6.76. The Kier molecular flexibility index (Phi) is 5.05. The second-order valence-electron chi connectivity index (χ2n) is 3.80. The Morgan fingerprint density at radius 2 is 2.41 bits per heavy atom. The van der Waals surface area contributed by atoms with Gasteiger partial charge >= 0.3 is 5.82 Å². The molecule has 0 spiro atoms. The highest BCUT2D eigenvalue weighted by Crippen LogP contribution is 2.17. The van der Waals surface area contributed by atoms with Crippen LogP contribution in [0.25, 0.3) is 0 Å². The molecule has 0 amide bonds. The lowest BCUT2D eigenvalue weighted by Crippen LogP contribution is -2.35. The molecule has 1 heterocycles. The van der Waals surface area contributed by atoms with E-state index in [1.165, 1.54) is 6.33 Å². The first-order chi connectivity index (χ1) is 8.10. The second-order valence-corrected chi connectivity index (χ2v) is 3.80. The summed E-state index contributed by atoms with van der Waals surface area (Å²) in [7, 11) is 3.37. The van der Waals surface area contributed by atoms with Crippen LogP contribution in [-0.2, 0) is 18.2 Å². The van der Waals surface area contributed by atoms with E-state index in [0.29, 0.717) is 18.7 Å². The van der Waals surface area contributed by atoms with E-state index in [1.54, 1.807) is 18.7 Å². The molecule has 7 nitrogen and oxygen atoms in total. The minimum atomic E-state index is -0.453. The van der Waals surface area contributed by atoms with Gasteiger partial charge in [-0.3, -0.25) is 0 Å². The number of nitro groups is 1. The topological polar surface area (TPSA) is 82.2 Å². The molecule has 0 radical (unpaired) electrons. The van der Waals surface area contributed by atoms with Crippen LogP contribution in [0.4, 0.5) is 5.82 Å². The molecule has 1 atom stereocenters. The van der Waals surface area contributed by atoms with E-state index in [0.717, 1.165) is 6.54 Å². The maximum atomic E-state index is 10.8. The maximum absolute atomic E-state index is 10.8. The summed E-state index contributed by atoms with van der Waals surface area (Å²) in [6.07, 6.45) is 1.98. The first-order valence-electron chi connectivity index (χ1n) is 5.47. The SMILES string of the molecule is CCNC(COC)Cc1c([N+](=O)[O-])ncn1C. The van der Waals surface area contributed by atoms with Crippen molar-refractivity contribution in [3.63, 3.8) is 0 Å². The summed E-state index contributed by atoms with van der Waals surface area (Å²) in [5, 5.41) is 14.0. The Morgan fingerprint density at radius 1 is 1.71 bits per heavy atom. The molecule has 7 heteroatoms. The number of hydrogen-bond acceptors (Lipinski definition) is 5. The van der Waals surface area contributed by atoms with Gasteiger partial charge in [-0.05, 0) is 16.5 Å². The van der Waals surface area contributed by atoms with Gasteiger partial charge in [0.15, 0.2) is 0 Å². The quantitative estimate of drug-likeness (QED) is 0.556. The van der Waals surface area contributed by atoms with Crippen LogP contribution in [0.15, 0.2) is 6.33 Å². The first kappa shape index (κ1) is 13.6. The highest BCUT2D eigenvalue weighted by molar-refractivity contribution is 5.27. The van der Waals surface area contributed by atoms with Crippen molar-refractivity contribution in [1.82, 2.24) is 14.9 Å². The molecule has 96 valence electrons. The second kappa shape index (κ2) is 6.31. The Bertz CT molecular complexity index is 372. The van der Waals surface area contributed by atoms with Gasteiger partial charge in [-0.15, -0.1) is 0 Å². The highest BCUT2D eigenvalue weighted by atomic mass is 16.6. The number of likely N-dealkylation sites (N-methyl/N-ethyl adjacent to an activating group) is 1. The molecule has 17 heavy (non-hydrogen) atoms. The third-order valence-electron chi connectivity index (χ3n) is 2.51. The lowest BCUT2D eigenvalue weighted by atomic mass is 10.1. The van der Waals surface area contributed by atoms with Crippen LogP contribution < -0.4 is 5.32 Å². The van der Waals surface area contributed by atoms with E-state index in [-0.39, 0.29) is 11.9 Å². The van der Waals surface area contributed by atoms with Crippen LogP contribution in [0, 0.1) is 10.1 Å². The molecule has 0 bridgehead atoms. The van der Waals surface area contributed by atoms with Crippen molar-refractivity contribution in [3.8, 4) is 0 Å². The van der Waals surface area contributed by atoms with E-state index in [2.05, 4.69) is 10.3 Å². The predicted octanol–water partition coefficient (Wildman–Crippen LogP) is 0.495. The fourth-order valence-corrected chi connectivity index (χ4v) is 1.74. The average molecular weight is 242 g/mol. The van der Waals surface area contributed by atoms with Gasteiger partial charge in [0.2, 0.25) is 6.33 Å². The average Bonchev–Trinajstić information content (AvgIpc) is 2.61. The Labute approximate surface area is 99.9 Å². The number of imidazole rings is 1. The molecule has 0 aliphatic carbocycles. The highest BCUT2D eigenvalue weighted by Gasteiger charge is 2.22. The molecule has 0 saturated heterocycles. The minimum Gasteiger partial charge on any atom is -0.383 e. The summed E-state index contributed by atoms with van der Waals surface area (Å²) in [4.78, 5) is 14.1. The van der Waals surface area contributed by atoms with Gasteiger partial charge in [-0.2, -0.15) is 0 Å². The predicted molar refractivity (Wildman–Crippen MR) is 62.9 cm³/mol. The van der Waals surface area contributed by atoms with Gasteiger partial charge in [-0.25, -0.2) is 0 Å². The lowest BCUT2D eigenvalue weighted by molar-refractivity contribution is -0.390. The third-order valence-corrected chi connectivity index (χ3v) is 2.51. The molecule has 1 unspecified atom stereocenters. The van der Waals surface area contributed by atoms with Crippen molar-refractivity contribution in [2.75, 3.05) is 20.3 Å². The van der Waals surface area contributed by atoms with Crippen molar-refractivity contribution in [2.45, 2.75) is 19.4 Å². The number of ether oxygens (including phenoxy) is 1. The van der Waals surface area contributed by atoms with E-state index < -0.39 is 4.92 Å². The standard InChI is InChI=1S/C10H18N4O3/c1-4-11-8(6-17-3)5-9-10(14(15)16)12-7-13(9)2/h7-8,11H,4-6H2,1-3H3. The van der Waals surface area contributed by atoms with Crippen LogP contribution in [-0.4, -0.2) is 40.8 Å². The summed E-state index contributed by atoms with van der Waals surface area (Å²) in [5.41, 5.74) is 0.609. The van der Waals surface area contributed by atoms with Gasteiger partial charge in [0.1, 0.15) is 5.69 Å². The molecular weight excluding hydrogens is 224 g/mol. The van der Waals surface area contributed by atoms with Gasteiger partial charge in [0, 0.05) is 26.6 Å². The summed E-state index contributed by atoms with van der Waals surface area (Å²) in [6, 6.07) is 0.0547. The molecule has 1 aromatic rings. The van der Waals surface area contributed by atoms with Gasteiger partial charge in [-0.1, -0.05) is 6.92 Å². The van der Waals surface area contributed by atoms with Crippen LogP contribution in [0.5, 0.6) is 0 Å². The number of nitrogens with zero attached hydrogens (tertiary/aromatic N) is 3. The number of rotatable bonds is 7. The van der Waals surface area contributed by atoms with Gasteiger partial charge in [0.25, 0.3) is 0 Å². The maximum Gasteiger partial charge on any atom is 0.384 e. The molecule has 0 saturated carbocycles. The summed E-state index contributed by atoms with van der Waals surface area (Å²) in [5.74, 6) is -0.0773. The van der Waals surface area contributed by atoms with E-state index in [9.17, 15) is 10.1 Å². The largest absolute Gasteiger partial charge is 0.384 e. The normalized spacial score (nSPS) is 12.6. The lowest BCUT2D eigenvalue weighted by Gasteiger charge is -2.16. The number of nitrogens with one attached hydrogen (secondary N) is 1. The fourth-order valence-electron chi connectivity index (χ4n) is 1.74. The number of aromatic nitrogens is 2. The molecule has 0 aliphatic heterocycles. The van der Waals surface area contributed by atoms with Crippen LogP contribution >= 0.6 is 0 Å². The van der Waals surface area contributed by atoms with Crippen molar-refractivity contribution in [2.24, 2.45) is 7.05 Å². The zero-order valence-electron chi connectivity index (χ0n) is 10.3. The smallest absolute Gasteiger partial charge is 0.383 e. The zero-order valence-corrected chi connectivity index (χ0v) is 10.3. The van der Waals surface area contributed by atoms with E-state index >= 15 is 0 Å². The Balaban J connectivity index is 2.83. The monoisotopic (exact) mass is 242 g/mol. The third kappa shape index (κ3) is 3.50. The molecule has 0 fully saturated rings. The van der Waals surface area contributed by atoms with Crippen molar-refractivity contribution in [3.05, 3.63) is 22.1 Å². The van der Waals surface area contributed by atoms with Crippen molar-refractivity contribution >= 4 is 5.82 Å². The molecule has 0 aliphatic rings. The molecular formula is C10H18N4O3. The molecule has 0 aromatic carbocycles. The Morgan fingerprint density at radius 3 is 2.94 bits per heavy atom. The molecule has 1 aromatic heterocycles.